The predicted octanol–water partition coefficient (Wildman–Crippen LogP) is 5.94. The monoisotopic (exact) mass is 431 g/mol. The van der Waals surface area contributed by atoms with Gasteiger partial charge in [-0.2, -0.15) is 0 Å². The lowest BCUT2D eigenvalue weighted by Gasteiger charge is -2.26. The topological polar surface area (TPSA) is 29.1 Å². The summed E-state index contributed by atoms with van der Waals surface area (Å²) in [5, 5.41) is 2.74. The van der Waals surface area contributed by atoms with Gasteiger partial charge in [-0.15, -0.1) is 0 Å². The molecule has 0 spiro atoms. The summed E-state index contributed by atoms with van der Waals surface area (Å²) < 4.78 is 11.4. The van der Waals surface area contributed by atoms with Gasteiger partial charge in [-0.05, 0) is 35.1 Å². The number of hydrogen-bond acceptors (Lipinski definition) is 1. The van der Waals surface area contributed by atoms with Crippen LogP contribution in [0.25, 0.3) is 0 Å². The fourth-order valence-electron chi connectivity index (χ4n) is 2.87. The molecule has 1 saturated carbocycles. The molecule has 1 aliphatic carbocycles. The molecule has 0 unspecified atom stereocenters. The maximum Gasteiger partial charge on any atom is 0.224 e. The van der Waals surface area contributed by atoms with Gasteiger partial charge in [0.2, 0.25) is 9.70 Å². The molecule has 1 aromatic carbocycles. The zero-order chi connectivity index (χ0) is 18.3. The van der Waals surface area contributed by atoms with Crippen LogP contribution in [0.15, 0.2) is 34.8 Å². The molecule has 8 heteroatoms. The Bertz CT molecular complexity index is 649. The van der Waals surface area contributed by atoms with Crippen LogP contribution in [-0.4, -0.2) is 9.70 Å². The van der Waals surface area contributed by atoms with Crippen LogP contribution < -0.4 is 5.32 Å². The first-order chi connectivity index (χ1) is 10.9. The number of rotatable bonds is 4. The Morgan fingerprint density at radius 2 is 1.79 bits per heavy atom. The Kier molecular flexibility index (Phi) is 6.04. The van der Waals surface area contributed by atoms with Crippen molar-refractivity contribution in [2.75, 3.05) is 0 Å². The third-order valence-corrected chi connectivity index (χ3v) is 5.22. The SMILES string of the molecule is CC1(C)[C@H](C=C(Cl)Cl)[C@H]1C(=O)N[C@H](c1ccc(F)cc1)C(Cl)(Cl)Cl. The van der Waals surface area contributed by atoms with Crippen molar-refractivity contribution in [3.63, 3.8) is 0 Å². The summed E-state index contributed by atoms with van der Waals surface area (Å²) in [5.41, 5.74) is 0.186. The summed E-state index contributed by atoms with van der Waals surface area (Å²) in [6.45, 7) is 3.86. The van der Waals surface area contributed by atoms with Gasteiger partial charge in [0, 0.05) is 0 Å². The van der Waals surface area contributed by atoms with Crippen molar-refractivity contribution < 1.29 is 9.18 Å². The van der Waals surface area contributed by atoms with Crippen molar-refractivity contribution in [3.8, 4) is 0 Å². The molecule has 1 amide bonds. The minimum absolute atomic E-state index is 0.105. The molecule has 0 aromatic heterocycles. The second-order valence-electron chi connectivity index (χ2n) is 6.32. The summed E-state index contributed by atoms with van der Waals surface area (Å²) in [5.74, 6) is -1.15. The fourth-order valence-corrected chi connectivity index (χ4v) is 3.68. The summed E-state index contributed by atoms with van der Waals surface area (Å²) in [6.07, 6.45) is 1.63. The minimum Gasteiger partial charge on any atom is -0.345 e. The predicted molar refractivity (Wildman–Crippen MR) is 98.1 cm³/mol. The summed E-state index contributed by atoms with van der Waals surface area (Å²) in [4.78, 5) is 12.6. The largest absolute Gasteiger partial charge is 0.345 e. The van der Waals surface area contributed by atoms with Crippen molar-refractivity contribution in [1.29, 1.82) is 0 Å². The van der Waals surface area contributed by atoms with Crippen LogP contribution in [0.5, 0.6) is 0 Å². The normalized spacial score (nSPS) is 23.3. The quantitative estimate of drug-likeness (QED) is 0.585. The van der Waals surface area contributed by atoms with E-state index in [0.717, 1.165) is 0 Å². The molecule has 0 heterocycles. The first-order valence-corrected chi connectivity index (χ1v) is 8.99. The maximum absolute atomic E-state index is 13.1. The summed E-state index contributed by atoms with van der Waals surface area (Å²) in [7, 11) is 0. The van der Waals surface area contributed by atoms with Crippen LogP contribution >= 0.6 is 58.0 Å². The molecule has 0 bridgehead atoms. The molecular formula is C16H15Cl5FNO. The third-order valence-electron chi connectivity index (χ3n) is 4.32. The highest BCUT2D eigenvalue weighted by Crippen LogP contribution is 2.60. The molecule has 1 fully saturated rings. The molecule has 0 radical (unpaired) electrons. The van der Waals surface area contributed by atoms with Gasteiger partial charge in [-0.1, -0.05) is 84.0 Å². The molecule has 2 nitrogen and oxygen atoms in total. The second kappa shape index (κ2) is 7.20. The number of alkyl halides is 3. The van der Waals surface area contributed by atoms with Crippen LogP contribution in [-0.2, 0) is 4.79 Å². The Morgan fingerprint density at radius 1 is 1.25 bits per heavy atom. The highest BCUT2D eigenvalue weighted by Gasteiger charge is 2.61. The smallest absolute Gasteiger partial charge is 0.224 e. The summed E-state index contributed by atoms with van der Waals surface area (Å²) >= 11 is 29.4. The molecule has 0 saturated heterocycles. The van der Waals surface area contributed by atoms with E-state index in [1.165, 1.54) is 24.3 Å². The van der Waals surface area contributed by atoms with E-state index >= 15 is 0 Å². The van der Waals surface area contributed by atoms with Crippen molar-refractivity contribution >= 4 is 63.9 Å². The van der Waals surface area contributed by atoms with E-state index in [4.69, 9.17) is 58.0 Å². The van der Waals surface area contributed by atoms with Crippen molar-refractivity contribution in [3.05, 3.63) is 46.2 Å². The lowest BCUT2D eigenvalue weighted by atomic mass is 10.1. The van der Waals surface area contributed by atoms with Gasteiger partial charge in [0.25, 0.3) is 0 Å². The number of allylic oxidation sites excluding steroid dienone is 1. The van der Waals surface area contributed by atoms with E-state index in [2.05, 4.69) is 5.32 Å². The minimum atomic E-state index is -1.79. The van der Waals surface area contributed by atoms with Gasteiger partial charge in [0.1, 0.15) is 16.4 Å². The molecule has 24 heavy (non-hydrogen) atoms. The van der Waals surface area contributed by atoms with Crippen molar-refractivity contribution in [2.45, 2.75) is 23.7 Å². The standard InChI is InChI=1S/C16H15Cl5FNO/c1-15(2)10(7-11(17)18)12(15)14(24)23-13(16(19,20)21)8-3-5-9(22)6-4-8/h3-7,10,12-13H,1-2H3,(H,23,24)/t10-,12+,13-/m1/s1. The average molecular weight is 434 g/mol. The van der Waals surface area contributed by atoms with E-state index in [1.54, 1.807) is 6.08 Å². The molecule has 0 aliphatic heterocycles. The van der Waals surface area contributed by atoms with Crippen LogP contribution in [0.1, 0.15) is 25.5 Å². The Labute approximate surface area is 165 Å². The van der Waals surface area contributed by atoms with Gasteiger partial charge in [0.15, 0.2) is 0 Å². The number of amides is 1. The fraction of sp³-hybridized carbons (Fsp3) is 0.438. The van der Waals surface area contributed by atoms with Gasteiger partial charge >= 0.3 is 0 Å². The van der Waals surface area contributed by atoms with Gasteiger partial charge in [-0.25, -0.2) is 4.39 Å². The van der Waals surface area contributed by atoms with E-state index in [9.17, 15) is 9.18 Å². The zero-order valence-corrected chi connectivity index (χ0v) is 16.6. The molecular weight excluding hydrogens is 418 g/mol. The maximum atomic E-state index is 13.1. The van der Waals surface area contributed by atoms with Gasteiger partial charge in [-0.3, -0.25) is 4.79 Å². The van der Waals surface area contributed by atoms with Crippen molar-refractivity contribution in [2.24, 2.45) is 17.3 Å². The van der Waals surface area contributed by atoms with Gasteiger partial charge < -0.3 is 5.32 Å². The van der Waals surface area contributed by atoms with E-state index < -0.39 is 15.7 Å². The van der Waals surface area contributed by atoms with Crippen molar-refractivity contribution in [1.82, 2.24) is 5.32 Å². The van der Waals surface area contributed by atoms with Crippen LogP contribution in [0.4, 0.5) is 4.39 Å². The van der Waals surface area contributed by atoms with Gasteiger partial charge in [0.05, 0.1) is 5.92 Å². The first kappa shape index (κ1) is 20.1. The molecule has 132 valence electrons. The molecule has 1 aromatic rings. The number of carbonyl (C=O) groups excluding carboxylic acids is 1. The highest BCUT2D eigenvalue weighted by atomic mass is 35.6. The zero-order valence-electron chi connectivity index (χ0n) is 12.8. The molecule has 2 rings (SSSR count). The molecule has 3 atom stereocenters. The second-order valence-corrected chi connectivity index (χ2v) is 9.69. The van der Waals surface area contributed by atoms with Crippen LogP contribution in [0, 0.1) is 23.1 Å². The molecule has 1 N–H and O–H groups in total. The Morgan fingerprint density at radius 3 is 2.25 bits per heavy atom. The average Bonchev–Trinajstić information content (AvgIpc) is 2.96. The lowest BCUT2D eigenvalue weighted by molar-refractivity contribution is -0.123. The van der Waals surface area contributed by atoms with Crippen LogP contribution in [0.3, 0.4) is 0 Å². The first-order valence-electron chi connectivity index (χ1n) is 7.10. The number of halogens is 6. The molecule has 1 aliphatic rings. The number of carbonyl (C=O) groups is 1. The summed E-state index contributed by atoms with van der Waals surface area (Å²) in [6, 6.07) is 4.50. The Balaban J connectivity index is 2.21. The highest BCUT2D eigenvalue weighted by molar-refractivity contribution is 6.68. The number of hydrogen-bond donors (Lipinski definition) is 1. The van der Waals surface area contributed by atoms with E-state index in [1.807, 2.05) is 13.8 Å². The number of benzene rings is 1. The van der Waals surface area contributed by atoms with Crippen LogP contribution in [0.2, 0.25) is 0 Å². The Hall–Kier alpha value is -0.190. The van der Waals surface area contributed by atoms with E-state index in [-0.39, 0.29) is 27.6 Å². The van der Waals surface area contributed by atoms with E-state index in [0.29, 0.717) is 5.56 Å². The lowest BCUT2D eigenvalue weighted by Crippen LogP contribution is -2.38. The number of nitrogens with one attached hydrogen (secondary N) is 1. The third kappa shape index (κ3) is 4.50.